The quantitative estimate of drug-likeness (QED) is 0.689. The maximum Gasteiger partial charge on any atom is 0.411 e. The number of nitrogens with two attached hydrogens (primary N) is 1. The summed E-state index contributed by atoms with van der Waals surface area (Å²) in [6, 6.07) is -1.07. The Morgan fingerprint density at radius 3 is 2.41 bits per heavy atom. The highest BCUT2D eigenvalue weighted by Crippen LogP contribution is 2.27. The second-order valence-electron chi connectivity index (χ2n) is 3.94. The molecular formula is C9H16F3NO3S. The van der Waals surface area contributed by atoms with Crippen LogP contribution >= 0.6 is 11.8 Å². The van der Waals surface area contributed by atoms with Gasteiger partial charge in [-0.05, 0) is 13.8 Å². The number of halogens is 3. The van der Waals surface area contributed by atoms with Gasteiger partial charge < -0.3 is 15.6 Å². The first-order valence-electron chi connectivity index (χ1n) is 4.83. The third-order valence-electron chi connectivity index (χ3n) is 1.98. The molecule has 0 heterocycles. The number of thioether (sulfide) groups is 1. The molecule has 0 aromatic rings. The minimum Gasteiger partial charge on any atom is -0.480 e. The lowest BCUT2D eigenvalue weighted by Crippen LogP contribution is -2.47. The number of carboxylic acids is 1. The van der Waals surface area contributed by atoms with Gasteiger partial charge in [-0.25, -0.2) is 0 Å². The van der Waals surface area contributed by atoms with E-state index in [1.54, 1.807) is 13.8 Å². The van der Waals surface area contributed by atoms with E-state index in [0.717, 1.165) is 0 Å². The lowest BCUT2D eigenvalue weighted by molar-refractivity contribution is -0.172. The Hall–Kier alpha value is -0.470. The highest BCUT2D eigenvalue weighted by Gasteiger charge is 2.32. The van der Waals surface area contributed by atoms with E-state index in [4.69, 9.17) is 10.8 Å². The Bertz CT molecular complexity index is 258. The second-order valence-corrected chi connectivity index (χ2v) is 5.68. The summed E-state index contributed by atoms with van der Waals surface area (Å²) in [5, 5.41) is 8.71. The van der Waals surface area contributed by atoms with Gasteiger partial charge in [-0.15, -0.1) is 0 Å². The predicted molar refractivity (Wildman–Crippen MR) is 59.0 cm³/mol. The van der Waals surface area contributed by atoms with Gasteiger partial charge in [0.2, 0.25) is 0 Å². The first kappa shape index (κ1) is 16.5. The number of carbonyl (C=O) groups is 1. The molecule has 0 aliphatic rings. The van der Waals surface area contributed by atoms with Gasteiger partial charge >= 0.3 is 12.1 Å². The molecule has 8 heteroatoms. The third kappa shape index (κ3) is 7.45. The van der Waals surface area contributed by atoms with Crippen LogP contribution in [0.25, 0.3) is 0 Å². The van der Waals surface area contributed by atoms with E-state index in [0.29, 0.717) is 0 Å². The van der Waals surface area contributed by atoms with Crippen molar-refractivity contribution in [2.45, 2.75) is 30.8 Å². The molecule has 17 heavy (non-hydrogen) atoms. The summed E-state index contributed by atoms with van der Waals surface area (Å²) >= 11 is 1.17. The van der Waals surface area contributed by atoms with Crippen molar-refractivity contribution in [2.24, 2.45) is 5.73 Å². The van der Waals surface area contributed by atoms with Crippen LogP contribution in [0.1, 0.15) is 13.8 Å². The summed E-state index contributed by atoms with van der Waals surface area (Å²) in [7, 11) is 0. The molecule has 0 saturated heterocycles. The fourth-order valence-electron chi connectivity index (χ4n) is 0.939. The smallest absolute Gasteiger partial charge is 0.411 e. The van der Waals surface area contributed by atoms with Crippen LogP contribution in [0.3, 0.4) is 0 Å². The van der Waals surface area contributed by atoms with Crippen molar-refractivity contribution in [2.75, 3.05) is 19.0 Å². The van der Waals surface area contributed by atoms with E-state index in [9.17, 15) is 18.0 Å². The first-order valence-corrected chi connectivity index (χ1v) is 5.81. The minimum absolute atomic E-state index is 0.0973. The van der Waals surface area contributed by atoms with E-state index < -0.39 is 29.5 Å². The molecule has 0 aromatic heterocycles. The van der Waals surface area contributed by atoms with Gasteiger partial charge in [0.05, 0.1) is 6.61 Å². The highest BCUT2D eigenvalue weighted by molar-refractivity contribution is 8.00. The summed E-state index contributed by atoms with van der Waals surface area (Å²) in [4.78, 5) is 10.6. The number of ether oxygens (including phenoxy) is 1. The molecule has 0 amide bonds. The molecule has 0 saturated carbocycles. The number of rotatable bonds is 7. The number of aliphatic carboxylic acids is 1. The topological polar surface area (TPSA) is 72.5 Å². The lowest BCUT2D eigenvalue weighted by atomic mass is 10.1. The number of alkyl halides is 3. The SMILES string of the molecule is CC(C)(SCCOCC(F)(F)F)[C@@H](N)C(=O)O. The maximum atomic E-state index is 11.7. The van der Waals surface area contributed by atoms with Gasteiger partial charge in [-0.1, -0.05) is 0 Å². The normalized spacial score (nSPS) is 14.7. The lowest BCUT2D eigenvalue weighted by Gasteiger charge is -2.27. The summed E-state index contributed by atoms with van der Waals surface area (Å²) in [6.45, 7) is 1.86. The average Bonchev–Trinajstić information content (AvgIpc) is 2.13. The Morgan fingerprint density at radius 2 is 2.00 bits per heavy atom. The van der Waals surface area contributed by atoms with Crippen LogP contribution in [0.4, 0.5) is 13.2 Å². The number of hydrogen-bond donors (Lipinski definition) is 2. The molecule has 0 rings (SSSR count). The molecule has 1 atom stereocenters. The minimum atomic E-state index is -4.34. The summed E-state index contributed by atoms with van der Waals surface area (Å²) in [5.74, 6) is -0.886. The van der Waals surface area contributed by atoms with Gasteiger partial charge in [-0.2, -0.15) is 24.9 Å². The van der Waals surface area contributed by atoms with E-state index in [1.807, 2.05) is 0 Å². The molecule has 0 spiro atoms. The van der Waals surface area contributed by atoms with E-state index in [-0.39, 0.29) is 12.4 Å². The fourth-order valence-corrected chi connectivity index (χ4v) is 1.95. The zero-order valence-corrected chi connectivity index (χ0v) is 10.4. The molecule has 4 nitrogen and oxygen atoms in total. The molecule has 0 aliphatic carbocycles. The third-order valence-corrected chi connectivity index (χ3v) is 3.35. The van der Waals surface area contributed by atoms with Crippen LogP contribution in [0.2, 0.25) is 0 Å². The van der Waals surface area contributed by atoms with Crippen molar-refractivity contribution in [3.8, 4) is 0 Å². The maximum absolute atomic E-state index is 11.7. The first-order chi connectivity index (χ1) is 7.56. The molecule has 0 aromatic carbocycles. The second kappa shape index (κ2) is 6.46. The highest BCUT2D eigenvalue weighted by atomic mass is 32.2. The largest absolute Gasteiger partial charge is 0.480 e. The standard InChI is InChI=1S/C9H16F3NO3S/c1-8(2,6(13)7(14)15)17-4-3-16-5-9(10,11)12/h6H,3-5,13H2,1-2H3,(H,14,15)/t6-/m0/s1. The predicted octanol–water partition coefficient (Wildman–Crippen LogP) is 1.49. The monoisotopic (exact) mass is 275 g/mol. The average molecular weight is 275 g/mol. The van der Waals surface area contributed by atoms with Crippen molar-refractivity contribution >= 4 is 17.7 Å². The zero-order chi connectivity index (χ0) is 13.7. The van der Waals surface area contributed by atoms with E-state index in [2.05, 4.69) is 4.74 Å². The van der Waals surface area contributed by atoms with Crippen molar-refractivity contribution in [3.63, 3.8) is 0 Å². The van der Waals surface area contributed by atoms with Crippen LogP contribution < -0.4 is 5.73 Å². The Labute approximate surface area is 102 Å². The van der Waals surface area contributed by atoms with Crippen LogP contribution in [0, 0.1) is 0 Å². The van der Waals surface area contributed by atoms with E-state index in [1.165, 1.54) is 11.8 Å². The van der Waals surface area contributed by atoms with Crippen LogP contribution in [-0.2, 0) is 9.53 Å². The van der Waals surface area contributed by atoms with Gasteiger partial charge in [0.1, 0.15) is 12.6 Å². The van der Waals surface area contributed by atoms with Gasteiger partial charge in [-0.3, -0.25) is 4.79 Å². The zero-order valence-electron chi connectivity index (χ0n) is 9.58. The van der Waals surface area contributed by atoms with Crippen LogP contribution in [0.5, 0.6) is 0 Å². The van der Waals surface area contributed by atoms with Gasteiger partial charge in [0, 0.05) is 10.5 Å². The molecular weight excluding hydrogens is 259 g/mol. The molecule has 0 bridgehead atoms. The molecule has 0 unspecified atom stereocenters. The summed E-state index contributed by atoms with van der Waals surface area (Å²) in [6.07, 6.45) is -4.34. The van der Waals surface area contributed by atoms with Gasteiger partial charge in [0.25, 0.3) is 0 Å². The number of carboxylic acid groups (broad SMARTS) is 1. The van der Waals surface area contributed by atoms with Crippen LogP contribution in [-0.4, -0.2) is 47.0 Å². The van der Waals surface area contributed by atoms with Crippen molar-refractivity contribution in [1.29, 1.82) is 0 Å². The van der Waals surface area contributed by atoms with Gasteiger partial charge in [0.15, 0.2) is 0 Å². The molecule has 0 radical (unpaired) electrons. The van der Waals surface area contributed by atoms with Crippen molar-refractivity contribution < 1.29 is 27.8 Å². The summed E-state index contributed by atoms with van der Waals surface area (Å²) < 4.78 is 38.8. The fraction of sp³-hybridized carbons (Fsp3) is 0.889. The van der Waals surface area contributed by atoms with E-state index >= 15 is 0 Å². The van der Waals surface area contributed by atoms with Crippen molar-refractivity contribution in [1.82, 2.24) is 0 Å². The number of hydrogen-bond acceptors (Lipinski definition) is 4. The van der Waals surface area contributed by atoms with Crippen LogP contribution in [0.15, 0.2) is 0 Å². The van der Waals surface area contributed by atoms with Crippen molar-refractivity contribution in [3.05, 3.63) is 0 Å². The molecule has 102 valence electrons. The molecule has 0 fully saturated rings. The molecule has 3 N–H and O–H groups in total. The Balaban J connectivity index is 3.85. The Kier molecular flexibility index (Phi) is 6.28. The summed E-state index contributed by atoms with van der Waals surface area (Å²) in [5.41, 5.74) is 5.44. The molecule has 0 aliphatic heterocycles. The Morgan fingerprint density at radius 1 is 1.47 bits per heavy atom.